The number of amides is 2. The van der Waals surface area contributed by atoms with E-state index in [-0.39, 0.29) is 18.9 Å². The molecule has 0 spiro atoms. The van der Waals surface area contributed by atoms with Crippen molar-refractivity contribution in [2.75, 3.05) is 13.2 Å². The van der Waals surface area contributed by atoms with E-state index in [0.717, 1.165) is 22.3 Å². The Morgan fingerprint density at radius 1 is 1.11 bits per heavy atom. The Labute approximate surface area is 201 Å². The van der Waals surface area contributed by atoms with Crippen molar-refractivity contribution in [1.29, 1.82) is 0 Å². The van der Waals surface area contributed by atoms with Gasteiger partial charge in [-0.05, 0) is 29.2 Å². The number of aromatic amines is 1. The molecule has 3 aromatic rings. The number of rotatable bonds is 9. The standard InChI is InChI=1S/C25H26N4O6/c1-25(13-30,23(32)33)29-22(31)21(10-15-11-26-14-27-15)28-24(34)35-12-20-18-8-4-2-6-16(18)17-7-3-5-9-19(17)20/h2-9,11,14,20-21,30H,10,12-13H2,1H3,(H,26,27)(H,28,34)(H,29,31)(H,32,33)/t21-,25?/m1/s1. The van der Waals surface area contributed by atoms with Gasteiger partial charge in [-0.25, -0.2) is 14.6 Å². The van der Waals surface area contributed by atoms with Gasteiger partial charge in [0.05, 0.1) is 12.9 Å². The lowest BCUT2D eigenvalue weighted by Crippen LogP contribution is -2.60. The molecule has 10 heteroatoms. The molecule has 182 valence electrons. The second-order valence-corrected chi connectivity index (χ2v) is 8.59. The third-order valence-corrected chi connectivity index (χ3v) is 6.12. The molecule has 1 unspecified atom stereocenters. The zero-order chi connectivity index (χ0) is 25.0. The summed E-state index contributed by atoms with van der Waals surface area (Å²) in [5.74, 6) is -2.35. The van der Waals surface area contributed by atoms with Crippen molar-refractivity contribution in [3.63, 3.8) is 0 Å². The van der Waals surface area contributed by atoms with Gasteiger partial charge < -0.3 is 30.6 Å². The molecular formula is C25H26N4O6. The number of aliphatic hydroxyl groups excluding tert-OH is 1. The summed E-state index contributed by atoms with van der Waals surface area (Å²) in [7, 11) is 0. The second-order valence-electron chi connectivity index (χ2n) is 8.59. The van der Waals surface area contributed by atoms with Crippen LogP contribution in [-0.2, 0) is 20.7 Å². The maximum atomic E-state index is 12.9. The van der Waals surface area contributed by atoms with Gasteiger partial charge >= 0.3 is 12.1 Å². The van der Waals surface area contributed by atoms with E-state index in [4.69, 9.17) is 4.74 Å². The minimum absolute atomic E-state index is 0.0111. The molecule has 0 fully saturated rings. The Hall–Kier alpha value is -4.18. The molecule has 0 saturated carbocycles. The van der Waals surface area contributed by atoms with Gasteiger partial charge in [0.2, 0.25) is 5.91 Å². The normalized spacial score (nSPS) is 14.8. The van der Waals surface area contributed by atoms with Gasteiger partial charge in [-0.15, -0.1) is 0 Å². The summed E-state index contributed by atoms with van der Waals surface area (Å²) < 4.78 is 5.52. The van der Waals surface area contributed by atoms with Crippen molar-refractivity contribution in [3.05, 3.63) is 77.9 Å². The average Bonchev–Trinajstić information content (AvgIpc) is 3.48. The van der Waals surface area contributed by atoms with E-state index in [2.05, 4.69) is 20.6 Å². The van der Waals surface area contributed by atoms with Crippen LogP contribution in [0.1, 0.15) is 29.7 Å². The Morgan fingerprint density at radius 3 is 2.29 bits per heavy atom. The van der Waals surface area contributed by atoms with Gasteiger partial charge in [0.1, 0.15) is 12.6 Å². The highest BCUT2D eigenvalue weighted by atomic mass is 16.5. The molecule has 0 saturated heterocycles. The molecule has 1 heterocycles. The highest BCUT2D eigenvalue weighted by Gasteiger charge is 2.37. The van der Waals surface area contributed by atoms with E-state index in [1.54, 1.807) is 0 Å². The van der Waals surface area contributed by atoms with Crippen molar-refractivity contribution < 1.29 is 29.3 Å². The van der Waals surface area contributed by atoms with Crippen molar-refractivity contribution in [2.24, 2.45) is 0 Å². The van der Waals surface area contributed by atoms with Crippen molar-refractivity contribution in [2.45, 2.75) is 30.8 Å². The lowest BCUT2D eigenvalue weighted by atomic mass is 9.98. The monoisotopic (exact) mass is 478 g/mol. The highest BCUT2D eigenvalue weighted by Crippen LogP contribution is 2.44. The Kier molecular flexibility index (Phi) is 6.83. The number of hydrogen-bond acceptors (Lipinski definition) is 6. The maximum absolute atomic E-state index is 12.9. The van der Waals surface area contributed by atoms with Crippen LogP contribution in [0.3, 0.4) is 0 Å². The van der Waals surface area contributed by atoms with E-state index < -0.39 is 36.2 Å². The van der Waals surface area contributed by atoms with Crippen molar-refractivity contribution in [3.8, 4) is 11.1 Å². The van der Waals surface area contributed by atoms with Gasteiger partial charge in [0.25, 0.3) is 0 Å². The third-order valence-electron chi connectivity index (χ3n) is 6.12. The summed E-state index contributed by atoms with van der Waals surface area (Å²) in [5, 5.41) is 23.6. The number of hydrogen-bond donors (Lipinski definition) is 5. The number of imidazole rings is 1. The van der Waals surface area contributed by atoms with Crippen molar-refractivity contribution in [1.82, 2.24) is 20.6 Å². The number of carbonyl (C=O) groups excluding carboxylic acids is 2. The van der Waals surface area contributed by atoms with Crippen LogP contribution in [0.4, 0.5) is 4.79 Å². The molecule has 4 rings (SSSR count). The molecule has 2 atom stereocenters. The number of nitrogens with one attached hydrogen (secondary N) is 3. The fourth-order valence-corrected chi connectivity index (χ4v) is 4.13. The SMILES string of the molecule is CC(CO)(NC(=O)[C@@H](Cc1cnc[nH]1)NC(=O)OCC1c2ccccc2-c2ccccc21)C(=O)O. The summed E-state index contributed by atoms with van der Waals surface area (Å²) >= 11 is 0. The van der Waals surface area contributed by atoms with E-state index >= 15 is 0 Å². The number of benzene rings is 2. The molecule has 5 N–H and O–H groups in total. The van der Waals surface area contributed by atoms with Crippen molar-refractivity contribution >= 4 is 18.0 Å². The highest BCUT2D eigenvalue weighted by molar-refractivity contribution is 5.91. The first-order valence-electron chi connectivity index (χ1n) is 11.1. The zero-order valence-corrected chi connectivity index (χ0v) is 19.0. The van der Waals surface area contributed by atoms with Gasteiger partial charge in [0, 0.05) is 24.2 Å². The van der Waals surface area contributed by atoms with Crippen LogP contribution >= 0.6 is 0 Å². The van der Waals surface area contributed by atoms with Gasteiger partial charge in [-0.3, -0.25) is 4.79 Å². The largest absolute Gasteiger partial charge is 0.479 e. The Balaban J connectivity index is 1.47. The van der Waals surface area contributed by atoms with Crippen LogP contribution in [0.5, 0.6) is 0 Å². The molecule has 0 radical (unpaired) electrons. The summed E-state index contributed by atoms with van der Waals surface area (Å²) in [4.78, 5) is 43.9. The number of carboxylic acids is 1. The third kappa shape index (κ3) is 5.02. The van der Waals surface area contributed by atoms with Gasteiger partial charge in [-0.1, -0.05) is 48.5 Å². The van der Waals surface area contributed by atoms with Crippen LogP contribution in [0.25, 0.3) is 11.1 Å². The molecular weight excluding hydrogens is 452 g/mol. The quantitative estimate of drug-likeness (QED) is 0.314. The summed E-state index contributed by atoms with van der Waals surface area (Å²) in [6.45, 7) is 0.408. The number of fused-ring (bicyclic) bond motifs is 3. The van der Waals surface area contributed by atoms with Crippen LogP contribution in [0, 0.1) is 0 Å². The lowest BCUT2D eigenvalue weighted by Gasteiger charge is -2.27. The minimum atomic E-state index is -1.91. The number of carbonyl (C=O) groups is 3. The maximum Gasteiger partial charge on any atom is 0.407 e. The molecule has 1 aliphatic rings. The molecule has 0 bridgehead atoms. The van der Waals surface area contributed by atoms with Gasteiger partial charge in [-0.2, -0.15) is 0 Å². The first-order chi connectivity index (χ1) is 16.8. The van der Waals surface area contributed by atoms with Crippen LogP contribution in [-0.4, -0.2) is 62.9 Å². The molecule has 35 heavy (non-hydrogen) atoms. The summed E-state index contributed by atoms with van der Waals surface area (Å²) in [6.07, 6.45) is 2.10. The van der Waals surface area contributed by atoms with Gasteiger partial charge in [0.15, 0.2) is 5.54 Å². The Bertz CT molecular complexity index is 1180. The van der Waals surface area contributed by atoms with Crippen LogP contribution in [0.15, 0.2) is 61.1 Å². The smallest absolute Gasteiger partial charge is 0.407 e. The molecule has 2 aromatic carbocycles. The topological polar surface area (TPSA) is 154 Å². The van der Waals surface area contributed by atoms with E-state index in [1.165, 1.54) is 19.4 Å². The first-order valence-corrected chi connectivity index (χ1v) is 11.1. The number of H-pyrrole nitrogens is 1. The number of nitrogens with zero attached hydrogens (tertiary/aromatic N) is 1. The predicted octanol–water partition coefficient (Wildman–Crippen LogP) is 1.81. The summed E-state index contributed by atoms with van der Waals surface area (Å²) in [5.41, 5.74) is 2.91. The zero-order valence-electron chi connectivity index (χ0n) is 19.0. The molecule has 1 aliphatic carbocycles. The average molecular weight is 479 g/mol. The lowest BCUT2D eigenvalue weighted by molar-refractivity contribution is -0.149. The fraction of sp³-hybridized carbons (Fsp3) is 0.280. The number of aliphatic hydroxyl groups is 1. The predicted molar refractivity (Wildman–Crippen MR) is 126 cm³/mol. The number of aliphatic carboxylic acids is 1. The number of alkyl carbamates (subject to hydrolysis) is 1. The van der Waals surface area contributed by atoms with E-state index in [0.29, 0.717) is 5.69 Å². The van der Waals surface area contributed by atoms with E-state index in [1.807, 2.05) is 48.5 Å². The number of ether oxygens (including phenoxy) is 1. The van der Waals surface area contributed by atoms with E-state index in [9.17, 15) is 24.6 Å². The molecule has 1 aromatic heterocycles. The molecule has 10 nitrogen and oxygen atoms in total. The van der Waals surface area contributed by atoms with Crippen LogP contribution < -0.4 is 10.6 Å². The Morgan fingerprint density at radius 2 is 1.74 bits per heavy atom. The summed E-state index contributed by atoms with van der Waals surface area (Å²) in [6, 6.07) is 14.7. The van der Waals surface area contributed by atoms with Crippen LogP contribution in [0.2, 0.25) is 0 Å². The second kappa shape index (κ2) is 9.98. The number of aromatic nitrogens is 2. The minimum Gasteiger partial charge on any atom is -0.479 e. The molecule has 2 amide bonds. The molecule has 0 aliphatic heterocycles. The first kappa shape index (κ1) is 24.0. The fourth-order valence-electron chi connectivity index (χ4n) is 4.13. The number of carboxylic acid groups (broad SMARTS) is 1.